The number of hydrogen-bond acceptors (Lipinski definition) is 3. The van der Waals surface area contributed by atoms with E-state index in [1.54, 1.807) is 26.0 Å². The number of amides is 1. The minimum Gasteiger partial charge on any atom is -0.482 e. The van der Waals surface area contributed by atoms with Gasteiger partial charge in [-0.1, -0.05) is 23.2 Å². The molecule has 116 valence electrons. The molecule has 0 bridgehead atoms. The summed E-state index contributed by atoms with van der Waals surface area (Å²) in [6, 6.07) is 4.31. The molecule has 1 amide bonds. The van der Waals surface area contributed by atoms with Crippen LogP contribution in [-0.4, -0.2) is 41.1 Å². The second-order valence-electron chi connectivity index (χ2n) is 4.49. The van der Waals surface area contributed by atoms with Crippen LogP contribution < -0.4 is 4.74 Å². The van der Waals surface area contributed by atoms with Gasteiger partial charge in [-0.3, -0.25) is 9.59 Å². The number of halogens is 2. The first-order valence-corrected chi connectivity index (χ1v) is 7.19. The molecule has 5 nitrogen and oxygen atoms in total. The Morgan fingerprint density at radius 1 is 1.38 bits per heavy atom. The van der Waals surface area contributed by atoms with Gasteiger partial charge in [-0.05, 0) is 32.0 Å². The fourth-order valence-electron chi connectivity index (χ4n) is 1.91. The molecule has 1 aromatic rings. The van der Waals surface area contributed by atoms with E-state index in [0.717, 1.165) is 0 Å². The highest BCUT2D eigenvalue weighted by molar-refractivity contribution is 6.35. The van der Waals surface area contributed by atoms with Crippen molar-refractivity contribution in [3.05, 3.63) is 28.2 Å². The van der Waals surface area contributed by atoms with E-state index in [1.807, 2.05) is 0 Å². The van der Waals surface area contributed by atoms with Crippen molar-refractivity contribution in [3.63, 3.8) is 0 Å². The van der Waals surface area contributed by atoms with Crippen molar-refractivity contribution >= 4 is 35.1 Å². The van der Waals surface area contributed by atoms with Crippen LogP contribution in [0.5, 0.6) is 5.75 Å². The highest BCUT2D eigenvalue weighted by atomic mass is 35.5. The first-order chi connectivity index (χ1) is 9.85. The first-order valence-electron chi connectivity index (χ1n) is 6.44. The summed E-state index contributed by atoms with van der Waals surface area (Å²) in [5.41, 5.74) is 0. The van der Waals surface area contributed by atoms with Crippen LogP contribution in [0.25, 0.3) is 0 Å². The fraction of sp³-hybridized carbons (Fsp3) is 0.429. The smallest absolute Gasteiger partial charge is 0.305 e. The quantitative estimate of drug-likeness (QED) is 0.832. The summed E-state index contributed by atoms with van der Waals surface area (Å²) in [7, 11) is 0. The molecule has 0 fully saturated rings. The van der Waals surface area contributed by atoms with E-state index in [-0.39, 0.29) is 18.9 Å². The number of likely N-dealkylation sites (N-methyl/N-ethyl adjacent to an activating group) is 1. The van der Waals surface area contributed by atoms with Crippen molar-refractivity contribution < 1.29 is 19.4 Å². The maximum atomic E-state index is 12.1. The average molecular weight is 334 g/mol. The van der Waals surface area contributed by atoms with E-state index in [9.17, 15) is 9.59 Å². The summed E-state index contributed by atoms with van der Waals surface area (Å²) in [5.74, 6) is -0.885. The lowest BCUT2D eigenvalue weighted by atomic mass is 10.2. The second-order valence-corrected chi connectivity index (χ2v) is 5.33. The third-order valence-electron chi connectivity index (χ3n) is 2.91. The Kier molecular flexibility index (Phi) is 6.78. The van der Waals surface area contributed by atoms with Gasteiger partial charge in [0.1, 0.15) is 5.75 Å². The van der Waals surface area contributed by atoms with Gasteiger partial charge in [0.05, 0.1) is 11.4 Å². The molecule has 0 saturated carbocycles. The van der Waals surface area contributed by atoms with Gasteiger partial charge in [-0.15, -0.1) is 0 Å². The Morgan fingerprint density at radius 3 is 2.57 bits per heavy atom. The highest BCUT2D eigenvalue weighted by Gasteiger charge is 2.21. The summed E-state index contributed by atoms with van der Waals surface area (Å²) < 4.78 is 5.36. The highest BCUT2D eigenvalue weighted by Crippen LogP contribution is 2.27. The van der Waals surface area contributed by atoms with Crippen LogP contribution in [0.3, 0.4) is 0 Å². The normalized spacial score (nSPS) is 11.8. The first kappa shape index (κ1) is 17.6. The summed E-state index contributed by atoms with van der Waals surface area (Å²) in [4.78, 5) is 24.3. The number of ether oxygens (including phenoxy) is 1. The zero-order valence-corrected chi connectivity index (χ0v) is 13.3. The molecule has 0 aliphatic heterocycles. The molecule has 1 N–H and O–H groups in total. The van der Waals surface area contributed by atoms with E-state index in [1.165, 1.54) is 11.0 Å². The van der Waals surface area contributed by atoms with Crippen LogP contribution in [0.4, 0.5) is 0 Å². The van der Waals surface area contributed by atoms with Gasteiger partial charge in [0.15, 0.2) is 6.61 Å². The molecule has 0 heterocycles. The van der Waals surface area contributed by atoms with Gasteiger partial charge in [0, 0.05) is 17.6 Å². The van der Waals surface area contributed by atoms with Crippen LogP contribution in [0, 0.1) is 0 Å². The topological polar surface area (TPSA) is 66.8 Å². The number of aliphatic carboxylic acids is 1. The minimum absolute atomic E-state index is 0.110. The molecule has 0 aliphatic rings. The van der Waals surface area contributed by atoms with Gasteiger partial charge in [-0.2, -0.15) is 0 Å². The maximum absolute atomic E-state index is 12.1. The van der Waals surface area contributed by atoms with E-state index in [4.69, 9.17) is 33.0 Å². The molecule has 21 heavy (non-hydrogen) atoms. The number of hydrogen-bond donors (Lipinski definition) is 1. The standard InChI is InChI=1S/C14H17Cl2NO4/c1-3-17(9(2)6-14(19)20)13(18)8-21-12-5-4-10(15)7-11(12)16/h4-5,7,9H,3,6,8H2,1-2H3,(H,19,20). The van der Waals surface area contributed by atoms with Crippen LogP contribution in [0.1, 0.15) is 20.3 Å². The second kappa shape index (κ2) is 8.10. The maximum Gasteiger partial charge on any atom is 0.305 e. The van der Waals surface area contributed by atoms with Gasteiger partial charge in [0.2, 0.25) is 0 Å². The predicted octanol–water partition coefficient (Wildman–Crippen LogP) is 3.08. The zero-order valence-electron chi connectivity index (χ0n) is 11.8. The molecule has 1 unspecified atom stereocenters. The van der Waals surface area contributed by atoms with Crippen molar-refractivity contribution in [1.82, 2.24) is 4.90 Å². The molecule has 0 spiro atoms. The SMILES string of the molecule is CCN(C(=O)COc1ccc(Cl)cc1Cl)C(C)CC(=O)O. The molecule has 1 aromatic carbocycles. The number of benzene rings is 1. The third kappa shape index (κ3) is 5.44. The number of rotatable bonds is 7. The van der Waals surface area contributed by atoms with E-state index >= 15 is 0 Å². The van der Waals surface area contributed by atoms with Crippen molar-refractivity contribution in [2.24, 2.45) is 0 Å². The van der Waals surface area contributed by atoms with Crippen LogP contribution in [-0.2, 0) is 9.59 Å². The monoisotopic (exact) mass is 333 g/mol. The predicted molar refractivity (Wildman–Crippen MR) is 81.1 cm³/mol. The average Bonchev–Trinajstić information content (AvgIpc) is 2.37. The Morgan fingerprint density at radius 2 is 2.05 bits per heavy atom. The summed E-state index contributed by atoms with van der Waals surface area (Å²) in [5, 5.41) is 9.57. The van der Waals surface area contributed by atoms with Crippen LogP contribution in [0.15, 0.2) is 18.2 Å². The minimum atomic E-state index is -0.949. The number of nitrogens with zero attached hydrogens (tertiary/aromatic N) is 1. The molecule has 0 radical (unpaired) electrons. The third-order valence-corrected chi connectivity index (χ3v) is 3.44. The Hall–Kier alpha value is -1.46. The van der Waals surface area contributed by atoms with Gasteiger partial charge < -0.3 is 14.7 Å². The molecule has 0 aliphatic carbocycles. The lowest BCUT2D eigenvalue weighted by Gasteiger charge is -2.27. The van der Waals surface area contributed by atoms with Crippen molar-refractivity contribution in [2.45, 2.75) is 26.3 Å². The largest absolute Gasteiger partial charge is 0.482 e. The molecular weight excluding hydrogens is 317 g/mol. The summed E-state index contributed by atoms with van der Waals surface area (Å²) >= 11 is 11.7. The van der Waals surface area contributed by atoms with Gasteiger partial charge >= 0.3 is 5.97 Å². The molecule has 1 atom stereocenters. The fourth-order valence-corrected chi connectivity index (χ4v) is 2.37. The van der Waals surface area contributed by atoms with Crippen LogP contribution >= 0.6 is 23.2 Å². The van der Waals surface area contributed by atoms with Crippen molar-refractivity contribution in [3.8, 4) is 5.75 Å². The van der Waals surface area contributed by atoms with Crippen molar-refractivity contribution in [1.29, 1.82) is 0 Å². The van der Waals surface area contributed by atoms with Crippen molar-refractivity contribution in [2.75, 3.05) is 13.2 Å². The zero-order chi connectivity index (χ0) is 16.0. The van der Waals surface area contributed by atoms with Gasteiger partial charge in [-0.25, -0.2) is 0 Å². The van der Waals surface area contributed by atoms with Gasteiger partial charge in [0.25, 0.3) is 5.91 Å². The number of carboxylic acids is 1. The molecule has 0 aromatic heterocycles. The molecule has 0 saturated heterocycles. The van der Waals surface area contributed by atoms with E-state index in [2.05, 4.69) is 0 Å². The van der Waals surface area contributed by atoms with E-state index < -0.39 is 12.0 Å². The number of carboxylic acid groups (broad SMARTS) is 1. The van der Waals surface area contributed by atoms with Crippen LogP contribution in [0.2, 0.25) is 10.0 Å². The Labute approximate surface area is 133 Å². The summed E-state index contributed by atoms with van der Waals surface area (Å²) in [6.45, 7) is 3.67. The summed E-state index contributed by atoms with van der Waals surface area (Å²) in [6.07, 6.45) is -0.110. The Bertz CT molecular complexity index is 522. The lowest BCUT2D eigenvalue weighted by Crippen LogP contribution is -2.42. The molecular formula is C14H17Cl2NO4. The lowest BCUT2D eigenvalue weighted by molar-refractivity contribution is -0.141. The Balaban J connectivity index is 2.64. The number of carbonyl (C=O) groups is 2. The molecule has 7 heteroatoms. The van der Waals surface area contributed by atoms with E-state index in [0.29, 0.717) is 22.3 Å². The number of carbonyl (C=O) groups excluding carboxylic acids is 1. The molecule has 1 rings (SSSR count).